The van der Waals surface area contributed by atoms with E-state index in [2.05, 4.69) is 86.6 Å². The Morgan fingerprint density at radius 3 is 2.48 bits per heavy atom. The van der Waals surface area contributed by atoms with Crippen LogP contribution in [-0.2, 0) is 5.41 Å². The van der Waals surface area contributed by atoms with Gasteiger partial charge in [-0.05, 0) is 63.9 Å². The molecule has 0 bridgehead atoms. The highest BCUT2D eigenvalue weighted by atomic mass is 32.1. The van der Waals surface area contributed by atoms with Crippen LogP contribution in [0.15, 0.2) is 60.2 Å². The molecule has 3 aromatic carbocycles. The smallest absolute Gasteiger partial charge is 0.128 e. The molecule has 0 aliphatic rings. The molecule has 4 heteroatoms. The van der Waals surface area contributed by atoms with E-state index in [-0.39, 0.29) is 5.41 Å². The van der Waals surface area contributed by atoms with Crippen LogP contribution in [0.4, 0.5) is 0 Å². The second-order valence-corrected chi connectivity index (χ2v) is 11.2. The van der Waals surface area contributed by atoms with Crippen LogP contribution in [-0.4, -0.2) is 9.97 Å². The Morgan fingerprint density at radius 2 is 1.65 bits per heavy atom. The lowest BCUT2D eigenvalue weighted by Crippen LogP contribution is -2.12. The zero-order valence-electron chi connectivity index (χ0n) is 18.0. The van der Waals surface area contributed by atoms with Crippen molar-refractivity contribution in [3.05, 3.63) is 71.4 Å². The molecule has 0 saturated carbocycles. The average molecular weight is 439 g/mol. The molecule has 0 unspecified atom stereocenters. The van der Waals surface area contributed by atoms with E-state index in [1.54, 1.807) is 17.7 Å². The molecule has 6 aromatic rings. The quantitative estimate of drug-likeness (QED) is 0.257. The van der Waals surface area contributed by atoms with Gasteiger partial charge in [0.2, 0.25) is 0 Å². The third-order valence-electron chi connectivity index (χ3n) is 6.10. The molecule has 0 spiro atoms. The number of aryl methyl sites for hydroxylation is 1. The second-order valence-electron chi connectivity index (χ2n) is 9.23. The highest BCUT2D eigenvalue weighted by Gasteiger charge is 2.21. The van der Waals surface area contributed by atoms with Crippen molar-refractivity contribution in [1.29, 1.82) is 0 Å². The van der Waals surface area contributed by atoms with Gasteiger partial charge in [0, 0.05) is 31.1 Å². The summed E-state index contributed by atoms with van der Waals surface area (Å²) in [7, 11) is 0. The van der Waals surface area contributed by atoms with Gasteiger partial charge in [-0.15, -0.1) is 22.7 Å². The summed E-state index contributed by atoms with van der Waals surface area (Å²) in [6.45, 7) is 9.06. The molecule has 2 nitrogen and oxygen atoms in total. The number of fused-ring (bicyclic) bond motifs is 6. The zero-order valence-corrected chi connectivity index (χ0v) is 19.6. The lowest BCUT2D eigenvalue weighted by Gasteiger charge is -2.22. The van der Waals surface area contributed by atoms with Gasteiger partial charge in [-0.2, -0.15) is 0 Å². The maximum atomic E-state index is 4.85. The molecule has 3 heterocycles. The van der Waals surface area contributed by atoms with Gasteiger partial charge in [-0.25, -0.2) is 9.97 Å². The van der Waals surface area contributed by atoms with E-state index in [4.69, 9.17) is 4.98 Å². The van der Waals surface area contributed by atoms with Crippen LogP contribution < -0.4 is 0 Å². The first-order valence-electron chi connectivity index (χ1n) is 10.5. The van der Waals surface area contributed by atoms with Crippen molar-refractivity contribution in [2.45, 2.75) is 33.1 Å². The van der Waals surface area contributed by atoms with Crippen LogP contribution in [0, 0.1) is 6.92 Å². The number of nitrogens with zero attached hydrogens (tertiary/aromatic N) is 2. The Kier molecular flexibility index (Phi) is 4.02. The molecule has 0 radical (unpaired) electrons. The molecule has 152 valence electrons. The van der Waals surface area contributed by atoms with Gasteiger partial charge >= 0.3 is 0 Å². The molecule has 0 amide bonds. The van der Waals surface area contributed by atoms with Gasteiger partial charge in [0.05, 0.1) is 5.69 Å². The molecule has 0 fully saturated rings. The van der Waals surface area contributed by atoms with Gasteiger partial charge in [0.1, 0.15) is 11.2 Å². The molecule has 31 heavy (non-hydrogen) atoms. The predicted octanol–water partition coefficient (Wildman–Crippen LogP) is 8.49. The normalized spacial score (nSPS) is 12.5. The molecule has 3 aromatic heterocycles. The van der Waals surface area contributed by atoms with Crippen molar-refractivity contribution >= 4 is 63.8 Å². The molecule has 0 atom stereocenters. The standard InChI is InChI=1S/C27H22N2S2/c1-15-13-30-20-9-10-21-23(22(15)20)24-25(28-14-29-26(24)31-21)17-11-16-7-5-6-8-18(16)19(12-17)27(2,3)4/h5-14H,1-4H3. The SMILES string of the molecule is Cc1csc2ccc3sc4ncnc(-c5cc(C(C)(C)C)c6ccccc6c5)c4c3c12. The van der Waals surface area contributed by atoms with Gasteiger partial charge in [-0.3, -0.25) is 0 Å². The third-order valence-corrected chi connectivity index (χ3v) is 8.23. The summed E-state index contributed by atoms with van der Waals surface area (Å²) in [4.78, 5) is 10.6. The number of aromatic nitrogens is 2. The fraction of sp³-hybridized carbons (Fsp3) is 0.185. The van der Waals surface area contributed by atoms with Gasteiger partial charge in [0.15, 0.2) is 0 Å². The minimum atomic E-state index is 0.0374. The number of benzene rings is 3. The number of thiophene rings is 2. The van der Waals surface area contributed by atoms with E-state index in [0.29, 0.717) is 0 Å². The number of rotatable bonds is 1. The molecular weight excluding hydrogens is 416 g/mol. The highest BCUT2D eigenvalue weighted by molar-refractivity contribution is 7.26. The Labute approximate surface area is 189 Å². The topological polar surface area (TPSA) is 25.8 Å². The molecule has 0 aliphatic heterocycles. The summed E-state index contributed by atoms with van der Waals surface area (Å²) >= 11 is 3.58. The van der Waals surface area contributed by atoms with Crippen LogP contribution in [0.3, 0.4) is 0 Å². The van der Waals surface area contributed by atoms with Crippen molar-refractivity contribution in [3.63, 3.8) is 0 Å². The average Bonchev–Trinajstić information content (AvgIpc) is 3.32. The van der Waals surface area contributed by atoms with Crippen LogP contribution in [0.1, 0.15) is 31.9 Å². The summed E-state index contributed by atoms with van der Waals surface area (Å²) in [6, 6.07) is 17.8. The van der Waals surface area contributed by atoms with Gasteiger partial charge in [0.25, 0.3) is 0 Å². The molecule has 0 saturated heterocycles. The van der Waals surface area contributed by atoms with E-state index in [1.807, 2.05) is 11.3 Å². The van der Waals surface area contributed by atoms with E-state index < -0.39 is 0 Å². The zero-order chi connectivity index (χ0) is 21.3. The van der Waals surface area contributed by atoms with Crippen LogP contribution in [0.5, 0.6) is 0 Å². The minimum Gasteiger partial charge on any atom is -0.236 e. The fourth-order valence-electron chi connectivity index (χ4n) is 4.66. The van der Waals surface area contributed by atoms with E-state index in [9.17, 15) is 0 Å². The molecule has 0 aliphatic carbocycles. The van der Waals surface area contributed by atoms with Crippen molar-refractivity contribution in [2.75, 3.05) is 0 Å². The first-order chi connectivity index (χ1) is 14.9. The first-order valence-corrected chi connectivity index (χ1v) is 12.2. The van der Waals surface area contributed by atoms with Gasteiger partial charge in [-0.1, -0.05) is 45.0 Å². The maximum absolute atomic E-state index is 4.85. The summed E-state index contributed by atoms with van der Waals surface area (Å²) in [6.07, 6.45) is 1.72. The molecule has 6 rings (SSSR count). The number of hydrogen-bond donors (Lipinski definition) is 0. The lowest BCUT2D eigenvalue weighted by molar-refractivity contribution is 0.596. The molecule has 0 N–H and O–H groups in total. The monoisotopic (exact) mass is 438 g/mol. The van der Waals surface area contributed by atoms with Crippen molar-refractivity contribution in [3.8, 4) is 11.3 Å². The predicted molar refractivity (Wildman–Crippen MR) is 137 cm³/mol. The highest BCUT2D eigenvalue weighted by Crippen LogP contribution is 2.44. The minimum absolute atomic E-state index is 0.0374. The lowest BCUT2D eigenvalue weighted by atomic mass is 9.82. The first kappa shape index (κ1) is 18.9. The Morgan fingerprint density at radius 1 is 0.839 bits per heavy atom. The van der Waals surface area contributed by atoms with Crippen LogP contribution >= 0.6 is 22.7 Å². The Hall–Kier alpha value is -2.82. The summed E-state index contributed by atoms with van der Waals surface area (Å²) < 4.78 is 2.61. The Balaban J connectivity index is 1.78. The van der Waals surface area contributed by atoms with E-state index in [0.717, 1.165) is 10.5 Å². The summed E-state index contributed by atoms with van der Waals surface area (Å²) in [5, 5.41) is 8.66. The number of hydrogen-bond acceptors (Lipinski definition) is 4. The fourth-order valence-corrected chi connectivity index (χ4v) is 6.66. The van der Waals surface area contributed by atoms with Gasteiger partial charge < -0.3 is 0 Å². The second kappa shape index (κ2) is 6.59. The molecular formula is C27H22N2S2. The van der Waals surface area contributed by atoms with Crippen LogP contribution in [0.25, 0.3) is 52.4 Å². The summed E-state index contributed by atoms with van der Waals surface area (Å²) in [5.41, 5.74) is 4.92. The third kappa shape index (κ3) is 2.82. The summed E-state index contributed by atoms with van der Waals surface area (Å²) in [5.74, 6) is 0. The van der Waals surface area contributed by atoms with E-state index in [1.165, 1.54) is 53.0 Å². The Bertz CT molecular complexity index is 1630. The van der Waals surface area contributed by atoms with Crippen LogP contribution in [0.2, 0.25) is 0 Å². The van der Waals surface area contributed by atoms with E-state index >= 15 is 0 Å². The maximum Gasteiger partial charge on any atom is 0.128 e. The largest absolute Gasteiger partial charge is 0.236 e. The van der Waals surface area contributed by atoms with Crippen molar-refractivity contribution < 1.29 is 0 Å². The van der Waals surface area contributed by atoms with Crippen molar-refractivity contribution in [2.24, 2.45) is 0 Å². The van der Waals surface area contributed by atoms with Crippen molar-refractivity contribution in [1.82, 2.24) is 9.97 Å².